The van der Waals surface area contributed by atoms with Crippen LogP contribution in [0.25, 0.3) is 0 Å². The minimum Gasteiger partial charge on any atom is -0.274 e. The van der Waals surface area contributed by atoms with E-state index in [4.69, 9.17) is 4.99 Å². The molecule has 1 nitrogen and oxygen atoms in total. The number of thioether (sulfide) groups is 3. The average molecular weight is 308 g/mol. The maximum absolute atomic E-state index is 4.84. The zero-order chi connectivity index (χ0) is 12.7. The number of aliphatic imine (C=N–C) groups is 1. The van der Waals surface area contributed by atoms with E-state index in [9.17, 15) is 0 Å². The first-order chi connectivity index (χ1) is 9.35. The third-order valence-corrected chi connectivity index (χ3v) is 9.53. The van der Waals surface area contributed by atoms with Crippen LogP contribution in [0.2, 0.25) is 0 Å². The van der Waals surface area contributed by atoms with E-state index < -0.39 is 0 Å². The second-order valence-electron chi connectivity index (χ2n) is 5.37. The maximum atomic E-state index is 4.84. The fourth-order valence-corrected chi connectivity index (χ4v) is 9.10. The fraction of sp³-hybridized carbons (Fsp3) is 0.533. The van der Waals surface area contributed by atoms with Gasteiger partial charge in [0.1, 0.15) is 8.45 Å². The van der Waals surface area contributed by atoms with E-state index >= 15 is 0 Å². The first-order valence-corrected chi connectivity index (χ1v) is 9.57. The van der Waals surface area contributed by atoms with Gasteiger partial charge in [-0.2, -0.15) is 0 Å². The molecule has 1 spiro atoms. The normalized spacial score (nSPS) is 32.3. The summed E-state index contributed by atoms with van der Waals surface area (Å²) in [5.74, 6) is 0. The van der Waals surface area contributed by atoms with Gasteiger partial charge in [-0.25, -0.2) is 0 Å². The Morgan fingerprint density at radius 1 is 1.00 bits per heavy atom. The molecule has 0 radical (unpaired) electrons. The molecular formula is C15H17NS3. The molecule has 2 aliphatic heterocycles. The first-order valence-electron chi connectivity index (χ1n) is 6.99. The summed E-state index contributed by atoms with van der Waals surface area (Å²) >= 11 is 6.44. The maximum Gasteiger partial charge on any atom is 0.133 e. The van der Waals surface area contributed by atoms with Crippen molar-refractivity contribution in [3.05, 3.63) is 35.9 Å². The van der Waals surface area contributed by atoms with Gasteiger partial charge in [0.25, 0.3) is 0 Å². The zero-order valence-corrected chi connectivity index (χ0v) is 13.2. The smallest absolute Gasteiger partial charge is 0.133 e. The molecule has 100 valence electrons. The van der Waals surface area contributed by atoms with Gasteiger partial charge in [0.15, 0.2) is 0 Å². The van der Waals surface area contributed by atoms with Gasteiger partial charge >= 0.3 is 0 Å². The van der Waals surface area contributed by atoms with Crippen LogP contribution >= 0.6 is 35.3 Å². The van der Waals surface area contributed by atoms with Gasteiger partial charge in [-0.05, 0) is 12.8 Å². The minimum atomic E-state index is 0.296. The summed E-state index contributed by atoms with van der Waals surface area (Å²) in [7, 11) is 0. The molecule has 2 atom stereocenters. The molecule has 0 bridgehead atoms. The molecule has 0 aromatic heterocycles. The zero-order valence-electron chi connectivity index (χ0n) is 10.7. The molecule has 1 aromatic rings. The second kappa shape index (κ2) is 5.05. The topological polar surface area (TPSA) is 12.4 Å². The van der Waals surface area contributed by atoms with Crippen molar-refractivity contribution < 1.29 is 0 Å². The number of benzene rings is 1. The lowest BCUT2D eigenvalue weighted by atomic mass is 10.00. The van der Waals surface area contributed by atoms with E-state index in [2.05, 4.69) is 53.9 Å². The Bertz CT molecular complexity index is 485. The second-order valence-corrected chi connectivity index (χ2v) is 10.5. The van der Waals surface area contributed by atoms with E-state index in [1.54, 1.807) is 0 Å². The highest BCUT2D eigenvalue weighted by Gasteiger charge is 2.50. The highest BCUT2D eigenvalue weighted by atomic mass is 32.3. The van der Waals surface area contributed by atoms with Crippen LogP contribution in [0.15, 0.2) is 35.3 Å². The Balaban J connectivity index is 1.52. The molecule has 1 aliphatic carbocycles. The average Bonchev–Trinajstić information content (AvgIpc) is 3.03. The molecule has 1 saturated heterocycles. The van der Waals surface area contributed by atoms with Crippen molar-refractivity contribution in [3.8, 4) is 0 Å². The third kappa shape index (κ3) is 2.36. The Labute approximate surface area is 127 Å². The largest absolute Gasteiger partial charge is 0.274 e. The highest BCUT2D eigenvalue weighted by Crippen LogP contribution is 2.64. The monoisotopic (exact) mass is 307 g/mol. The summed E-state index contributed by atoms with van der Waals surface area (Å²) < 4.78 is 0.296. The molecule has 0 N–H and O–H groups in total. The molecule has 0 unspecified atom stereocenters. The van der Waals surface area contributed by atoms with E-state index in [1.165, 1.54) is 36.3 Å². The third-order valence-electron chi connectivity index (χ3n) is 3.99. The molecular weight excluding hydrogens is 290 g/mol. The summed E-state index contributed by atoms with van der Waals surface area (Å²) in [5, 5.41) is 3.02. The van der Waals surface area contributed by atoms with Crippen LogP contribution in [0.4, 0.5) is 0 Å². The number of rotatable bonds is 1. The van der Waals surface area contributed by atoms with Crippen LogP contribution in [0.3, 0.4) is 0 Å². The lowest BCUT2D eigenvalue weighted by Gasteiger charge is -2.22. The van der Waals surface area contributed by atoms with Crippen molar-refractivity contribution in [2.24, 2.45) is 4.99 Å². The van der Waals surface area contributed by atoms with Gasteiger partial charge in [-0.15, -0.1) is 23.5 Å². The Morgan fingerprint density at radius 2 is 1.68 bits per heavy atom. The summed E-state index contributed by atoms with van der Waals surface area (Å²) in [4.78, 5) is 4.84. The van der Waals surface area contributed by atoms with Crippen molar-refractivity contribution in [1.29, 1.82) is 0 Å². The Hall–Kier alpha value is -0.0600. The summed E-state index contributed by atoms with van der Waals surface area (Å²) in [6.45, 7) is 0.990. The Morgan fingerprint density at radius 3 is 2.37 bits per heavy atom. The first kappa shape index (κ1) is 12.7. The van der Waals surface area contributed by atoms with Gasteiger partial charge in [-0.1, -0.05) is 54.9 Å². The van der Waals surface area contributed by atoms with Gasteiger partial charge in [0, 0.05) is 16.1 Å². The van der Waals surface area contributed by atoms with Crippen LogP contribution in [0, 0.1) is 0 Å². The summed E-state index contributed by atoms with van der Waals surface area (Å²) in [5.41, 5.74) is 1.29. The quantitative estimate of drug-likeness (QED) is 0.751. The molecule has 4 heteroatoms. The number of hydrogen-bond acceptors (Lipinski definition) is 4. The fourth-order valence-electron chi connectivity index (χ4n) is 3.06. The van der Waals surface area contributed by atoms with Crippen LogP contribution in [-0.2, 0) is 0 Å². The molecule has 19 heavy (non-hydrogen) atoms. The van der Waals surface area contributed by atoms with E-state index in [-0.39, 0.29) is 0 Å². The van der Waals surface area contributed by atoms with Gasteiger partial charge < -0.3 is 0 Å². The van der Waals surface area contributed by atoms with Gasteiger partial charge in [0.05, 0.1) is 6.54 Å². The van der Waals surface area contributed by atoms with Crippen LogP contribution in [0.5, 0.6) is 0 Å². The highest BCUT2D eigenvalue weighted by molar-refractivity contribution is 8.40. The van der Waals surface area contributed by atoms with Gasteiger partial charge in [-0.3, -0.25) is 4.99 Å². The van der Waals surface area contributed by atoms with E-state index in [1.807, 2.05) is 11.8 Å². The van der Waals surface area contributed by atoms with Crippen LogP contribution in [0.1, 0.15) is 31.2 Å². The van der Waals surface area contributed by atoms with Crippen LogP contribution < -0.4 is 0 Å². The number of nitrogens with zero attached hydrogens (tertiary/aromatic N) is 1. The predicted molar refractivity (Wildman–Crippen MR) is 89.4 cm³/mol. The van der Waals surface area contributed by atoms with E-state index in [0.717, 1.165) is 17.0 Å². The summed E-state index contributed by atoms with van der Waals surface area (Å²) in [6, 6.07) is 10.7. The lowest BCUT2D eigenvalue weighted by Crippen LogP contribution is -2.19. The van der Waals surface area contributed by atoms with Crippen LogP contribution in [-0.4, -0.2) is 25.5 Å². The summed E-state index contributed by atoms with van der Waals surface area (Å²) in [6.07, 6.45) is 5.71. The van der Waals surface area contributed by atoms with Crippen molar-refractivity contribution >= 4 is 40.3 Å². The SMILES string of the molecule is c1ccc(C2=NCC3(S2)S[C@@H]2CCCC[C@H]2S3)cc1. The van der Waals surface area contributed by atoms with E-state index in [0.29, 0.717) is 3.41 Å². The number of hydrogen-bond donors (Lipinski definition) is 0. The van der Waals surface area contributed by atoms with Crippen molar-refractivity contribution in [1.82, 2.24) is 0 Å². The molecule has 1 saturated carbocycles. The van der Waals surface area contributed by atoms with Crippen molar-refractivity contribution in [2.75, 3.05) is 6.54 Å². The minimum absolute atomic E-state index is 0.296. The van der Waals surface area contributed by atoms with Crippen molar-refractivity contribution in [3.63, 3.8) is 0 Å². The Kier molecular flexibility index (Phi) is 3.36. The molecule has 2 heterocycles. The van der Waals surface area contributed by atoms with Crippen molar-refractivity contribution in [2.45, 2.75) is 39.6 Å². The molecule has 4 rings (SSSR count). The standard InChI is InChI=1S/C15H17NS3/c1-2-6-11(7-3-1)14-16-10-15(19-14)17-12-8-4-5-9-13(12)18-15/h1-3,6-7,12-13H,4-5,8-10H2/t12-,13-/m1/s1. The van der Waals surface area contributed by atoms with Gasteiger partial charge in [0.2, 0.25) is 0 Å². The number of fused-ring (bicyclic) bond motifs is 1. The molecule has 0 amide bonds. The molecule has 2 fully saturated rings. The predicted octanol–water partition coefficient (Wildman–Crippen LogP) is 4.63. The molecule has 3 aliphatic rings. The lowest BCUT2D eigenvalue weighted by molar-refractivity contribution is 0.532. The molecule has 1 aromatic carbocycles.